The van der Waals surface area contributed by atoms with Crippen LogP contribution in [0.3, 0.4) is 0 Å². The molecule has 0 unspecified atom stereocenters. The van der Waals surface area contributed by atoms with Crippen molar-refractivity contribution in [2.75, 3.05) is 5.32 Å². The molecule has 2 aromatic carbocycles. The molecule has 0 aliphatic carbocycles. The van der Waals surface area contributed by atoms with Gasteiger partial charge in [-0.15, -0.1) is 0 Å². The van der Waals surface area contributed by atoms with Crippen molar-refractivity contribution in [3.8, 4) is 17.6 Å². The molecule has 5 heteroatoms. The summed E-state index contributed by atoms with van der Waals surface area (Å²) in [5.41, 5.74) is 7.79. The molecule has 0 saturated heterocycles. The van der Waals surface area contributed by atoms with Gasteiger partial charge in [-0.3, -0.25) is 4.79 Å². The number of amides is 1. The molecule has 0 aliphatic heterocycles. The summed E-state index contributed by atoms with van der Waals surface area (Å²) in [6.45, 7) is 8.09. The average molecular weight is 351 g/mol. The monoisotopic (exact) mass is 351 g/mol. The number of carbonyl (C=O) groups is 1. The molecule has 3 N–H and O–H groups in total. The van der Waals surface area contributed by atoms with E-state index in [0.29, 0.717) is 29.2 Å². The first-order chi connectivity index (χ1) is 12.2. The molecule has 1 amide bonds. The smallest absolute Gasteiger partial charge is 0.241 e. The quantitative estimate of drug-likeness (QED) is 0.839. The Kier molecular flexibility index (Phi) is 6.01. The molecule has 0 saturated carbocycles. The van der Waals surface area contributed by atoms with Gasteiger partial charge in [-0.25, -0.2) is 0 Å². The number of nitrogens with zero attached hydrogens (tertiary/aromatic N) is 1. The zero-order valence-electron chi connectivity index (χ0n) is 15.7. The first kappa shape index (κ1) is 19.5. The van der Waals surface area contributed by atoms with Crippen LogP contribution in [0.5, 0.6) is 11.5 Å². The summed E-state index contributed by atoms with van der Waals surface area (Å²) in [7, 11) is 0. The van der Waals surface area contributed by atoms with Crippen LogP contribution in [0, 0.1) is 11.3 Å². The Balaban J connectivity index is 2.19. The van der Waals surface area contributed by atoms with E-state index in [1.54, 1.807) is 30.3 Å². The van der Waals surface area contributed by atoms with Gasteiger partial charge in [0.05, 0.1) is 17.7 Å². The molecule has 0 fully saturated rings. The van der Waals surface area contributed by atoms with Gasteiger partial charge in [0, 0.05) is 11.3 Å². The molecular formula is C21H25N3O2. The van der Waals surface area contributed by atoms with Crippen molar-refractivity contribution >= 4 is 11.6 Å². The number of ether oxygens (including phenoxy) is 1. The Bertz CT molecular complexity index is 815. The van der Waals surface area contributed by atoms with Crippen molar-refractivity contribution in [3.63, 3.8) is 0 Å². The van der Waals surface area contributed by atoms with Crippen LogP contribution in [0.1, 0.15) is 45.2 Å². The Hall–Kier alpha value is -2.84. The summed E-state index contributed by atoms with van der Waals surface area (Å²) in [6, 6.07) is 14.2. The number of nitriles is 1. The van der Waals surface area contributed by atoms with E-state index in [0.717, 1.165) is 5.56 Å². The number of nitrogens with two attached hydrogens (primary N) is 1. The highest BCUT2D eigenvalue weighted by molar-refractivity contribution is 5.94. The fourth-order valence-electron chi connectivity index (χ4n) is 2.43. The SMILES string of the molecule is CC[C@@H](N)C(=O)Nc1ccc(Oc2ccc(C#N)cc2C(C)(C)C)cc1. The van der Waals surface area contributed by atoms with Gasteiger partial charge in [0.1, 0.15) is 11.5 Å². The lowest BCUT2D eigenvalue weighted by Gasteiger charge is -2.23. The summed E-state index contributed by atoms with van der Waals surface area (Å²) in [5, 5.41) is 11.9. The first-order valence-corrected chi connectivity index (χ1v) is 8.63. The second kappa shape index (κ2) is 8.03. The summed E-state index contributed by atoms with van der Waals surface area (Å²) in [4.78, 5) is 11.8. The van der Waals surface area contributed by atoms with Crippen LogP contribution < -0.4 is 15.8 Å². The summed E-state index contributed by atoms with van der Waals surface area (Å²) in [6.07, 6.45) is 0.585. The summed E-state index contributed by atoms with van der Waals surface area (Å²) in [5.74, 6) is 1.16. The number of rotatable bonds is 5. The Morgan fingerprint density at radius 3 is 2.42 bits per heavy atom. The van der Waals surface area contributed by atoms with E-state index < -0.39 is 6.04 Å². The fourth-order valence-corrected chi connectivity index (χ4v) is 2.43. The number of hydrogen-bond acceptors (Lipinski definition) is 4. The average Bonchev–Trinajstić information content (AvgIpc) is 2.62. The third-order valence-electron chi connectivity index (χ3n) is 4.04. The van der Waals surface area contributed by atoms with E-state index in [9.17, 15) is 4.79 Å². The van der Waals surface area contributed by atoms with E-state index in [-0.39, 0.29) is 11.3 Å². The second-order valence-electron chi connectivity index (χ2n) is 7.20. The maximum atomic E-state index is 11.8. The number of nitrogens with one attached hydrogen (secondary N) is 1. The number of hydrogen-bond donors (Lipinski definition) is 2. The van der Waals surface area contributed by atoms with Gasteiger partial charge < -0.3 is 15.8 Å². The molecule has 26 heavy (non-hydrogen) atoms. The third-order valence-corrected chi connectivity index (χ3v) is 4.04. The van der Waals surface area contributed by atoms with E-state index in [2.05, 4.69) is 32.2 Å². The van der Waals surface area contributed by atoms with Gasteiger partial charge in [-0.05, 0) is 54.3 Å². The van der Waals surface area contributed by atoms with Crippen molar-refractivity contribution in [1.29, 1.82) is 5.26 Å². The van der Waals surface area contributed by atoms with Crippen LogP contribution >= 0.6 is 0 Å². The van der Waals surface area contributed by atoms with Crippen LogP contribution in [0.2, 0.25) is 0 Å². The topological polar surface area (TPSA) is 88.1 Å². The minimum absolute atomic E-state index is 0.160. The van der Waals surface area contributed by atoms with Crippen molar-refractivity contribution < 1.29 is 9.53 Å². The lowest BCUT2D eigenvalue weighted by atomic mass is 9.85. The summed E-state index contributed by atoms with van der Waals surface area (Å²) >= 11 is 0. The molecular weight excluding hydrogens is 326 g/mol. The number of benzene rings is 2. The minimum atomic E-state index is -0.515. The van der Waals surface area contributed by atoms with Crippen LogP contribution in [0.25, 0.3) is 0 Å². The van der Waals surface area contributed by atoms with Crippen molar-refractivity contribution in [3.05, 3.63) is 53.6 Å². The molecule has 5 nitrogen and oxygen atoms in total. The normalized spacial score (nSPS) is 12.2. The van der Waals surface area contributed by atoms with Gasteiger partial charge in [-0.2, -0.15) is 5.26 Å². The lowest BCUT2D eigenvalue weighted by molar-refractivity contribution is -0.117. The molecule has 0 spiro atoms. The summed E-state index contributed by atoms with van der Waals surface area (Å²) < 4.78 is 6.02. The zero-order chi connectivity index (χ0) is 19.3. The predicted octanol–water partition coefficient (Wildman–Crippen LogP) is 4.32. The highest BCUT2D eigenvalue weighted by Gasteiger charge is 2.20. The van der Waals surface area contributed by atoms with Gasteiger partial charge in [0.2, 0.25) is 5.91 Å². The molecule has 0 aliphatic rings. The molecule has 1 atom stereocenters. The third kappa shape index (κ3) is 4.84. The van der Waals surface area contributed by atoms with Crippen LogP contribution in [0.15, 0.2) is 42.5 Å². The van der Waals surface area contributed by atoms with Gasteiger partial charge in [-0.1, -0.05) is 27.7 Å². The predicted molar refractivity (Wildman–Crippen MR) is 103 cm³/mol. The van der Waals surface area contributed by atoms with E-state index >= 15 is 0 Å². The Morgan fingerprint density at radius 1 is 1.23 bits per heavy atom. The first-order valence-electron chi connectivity index (χ1n) is 8.63. The van der Waals surface area contributed by atoms with Crippen molar-refractivity contribution in [2.24, 2.45) is 5.73 Å². The highest BCUT2D eigenvalue weighted by atomic mass is 16.5. The number of carbonyl (C=O) groups excluding carboxylic acids is 1. The number of anilines is 1. The van der Waals surface area contributed by atoms with Gasteiger partial charge in [0.15, 0.2) is 0 Å². The highest BCUT2D eigenvalue weighted by Crippen LogP contribution is 2.35. The van der Waals surface area contributed by atoms with Crippen LogP contribution in [-0.4, -0.2) is 11.9 Å². The second-order valence-corrected chi connectivity index (χ2v) is 7.20. The van der Waals surface area contributed by atoms with Crippen molar-refractivity contribution in [2.45, 2.75) is 45.6 Å². The van der Waals surface area contributed by atoms with Crippen LogP contribution in [-0.2, 0) is 10.2 Å². The molecule has 136 valence electrons. The van der Waals surface area contributed by atoms with Gasteiger partial charge >= 0.3 is 0 Å². The Labute approximate surface area is 154 Å². The van der Waals surface area contributed by atoms with Gasteiger partial charge in [0.25, 0.3) is 0 Å². The molecule has 0 heterocycles. The van der Waals surface area contributed by atoms with E-state index in [1.165, 1.54) is 0 Å². The Morgan fingerprint density at radius 2 is 1.88 bits per heavy atom. The molecule has 0 bridgehead atoms. The molecule has 2 rings (SSSR count). The van der Waals surface area contributed by atoms with Crippen molar-refractivity contribution in [1.82, 2.24) is 0 Å². The standard InChI is InChI=1S/C21H25N3O2/c1-5-18(23)20(25)24-15-7-9-16(10-8-15)26-19-11-6-14(13-22)12-17(19)21(2,3)4/h6-12,18H,5,23H2,1-4H3,(H,24,25)/t18-/m1/s1. The zero-order valence-corrected chi connectivity index (χ0v) is 15.7. The maximum absolute atomic E-state index is 11.8. The van der Waals surface area contributed by atoms with E-state index in [4.69, 9.17) is 15.7 Å². The largest absolute Gasteiger partial charge is 0.457 e. The lowest BCUT2D eigenvalue weighted by Crippen LogP contribution is -2.34. The van der Waals surface area contributed by atoms with Crippen LogP contribution in [0.4, 0.5) is 5.69 Å². The molecule has 0 aromatic heterocycles. The van der Waals surface area contributed by atoms with E-state index in [1.807, 2.05) is 19.1 Å². The molecule has 2 aromatic rings. The minimum Gasteiger partial charge on any atom is -0.457 e. The fraction of sp³-hybridized carbons (Fsp3) is 0.333. The maximum Gasteiger partial charge on any atom is 0.241 e. The molecule has 0 radical (unpaired) electrons.